The van der Waals surface area contributed by atoms with Crippen molar-refractivity contribution in [1.82, 2.24) is 9.97 Å². The number of rotatable bonds is 2. The molecule has 7 rings (SSSR count). The zero-order valence-corrected chi connectivity index (χ0v) is 27.8. The Balaban J connectivity index is 0.000000212. The first kappa shape index (κ1) is 29.8. The average Bonchev–Trinajstić information content (AvgIpc) is 3.51. The van der Waals surface area contributed by atoms with E-state index < -0.39 is 0 Å². The van der Waals surface area contributed by atoms with Crippen molar-refractivity contribution >= 4 is 43.4 Å². The molecule has 42 heavy (non-hydrogen) atoms. The molecule has 1 radical (unpaired) electrons. The molecule has 7 aromatic rings. The maximum Gasteiger partial charge on any atom is 0.138 e. The third-order valence-electron chi connectivity index (χ3n) is 7.52. The fraction of sp³-hybridized carbons (Fsp3) is 0.189. The van der Waals surface area contributed by atoms with E-state index in [4.69, 9.17) is 4.42 Å². The number of furan rings is 1. The minimum Gasteiger partial charge on any atom is -0.499 e. The number of hydrogen-bond donors (Lipinski definition) is 0. The van der Waals surface area contributed by atoms with Crippen molar-refractivity contribution in [3.05, 3.63) is 119 Å². The fourth-order valence-corrected chi connectivity index (χ4v) is 6.14. The molecule has 3 nitrogen and oxygen atoms in total. The van der Waals surface area contributed by atoms with Gasteiger partial charge in [0.1, 0.15) is 5.58 Å². The molecule has 0 unspecified atom stereocenters. The second-order valence-electron chi connectivity index (χ2n) is 11.5. The summed E-state index contributed by atoms with van der Waals surface area (Å²) in [6.07, 6.45) is 3.76. The summed E-state index contributed by atoms with van der Waals surface area (Å²) in [6.45, 7) is 13.0. The summed E-state index contributed by atoms with van der Waals surface area (Å²) >= 11 is 1.81. The topological polar surface area (TPSA) is 38.9 Å². The Morgan fingerprint density at radius 1 is 0.762 bits per heavy atom. The van der Waals surface area contributed by atoms with Gasteiger partial charge in [0.2, 0.25) is 0 Å². The van der Waals surface area contributed by atoms with Gasteiger partial charge in [-0.3, -0.25) is 0 Å². The predicted molar refractivity (Wildman–Crippen MR) is 173 cm³/mol. The van der Waals surface area contributed by atoms with Crippen LogP contribution in [0.25, 0.3) is 54.5 Å². The first-order valence-electron chi connectivity index (χ1n) is 13.8. The molecule has 0 saturated carbocycles. The van der Waals surface area contributed by atoms with Crippen LogP contribution in [-0.4, -0.2) is 9.97 Å². The largest absolute Gasteiger partial charge is 0.499 e. The van der Waals surface area contributed by atoms with Crippen LogP contribution in [0.15, 0.2) is 89.6 Å². The van der Waals surface area contributed by atoms with Gasteiger partial charge < -0.3 is 14.4 Å². The van der Waals surface area contributed by atoms with Gasteiger partial charge >= 0.3 is 0 Å². The van der Waals surface area contributed by atoms with Crippen molar-refractivity contribution in [2.24, 2.45) is 0 Å². The molecule has 0 aliphatic carbocycles. The Labute approximate surface area is 265 Å². The summed E-state index contributed by atoms with van der Waals surface area (Å²) in [7, 11) is 0. The molecule has 0 saturated heterocycles. The Morgan fingerprint density at radius 3 is 2.26 bits per heavy atom. The normalized spacial score (nSPS) is 11.4. The van der Waals surface area contributed by atoms with Crippen LogP contribution >= 0.6 is 11.3 Å². The minimum absolute atomic E-state index is 0. The number of fused-ring (bicyclic) bond motifs is 5. The summed E-state index contributed by atoms with van der Waals surface area (Å²) in [5, 5.41) is 3.57. The molecule has 0 fully saturated rings. The molecule has 4 aromatic heterocycles. The van der Waals surface area contributed by atoms with E-state index in [1.54, 1.807) is 0 Å². The molecule has 0 aliphatic heterocycles. The van der Waals surface area contributed by atoms with E-state index in [2.05, 4.69) is 93.1 Å². The standard InChI is InChI=1S/C25H22NOS.C12H10N.Ir/c1-14-15(2)28-24-17(14)9-10-19-18-7-6-8-20(22(18)27-23(19)24)21-13-16(11-12-26-21)25(3,4)5;1-10-7-8-12(13-9-10)11-5-3-2-4-6-11;/h6-7,9-13H,1-5H3;2-5,7-9H,1H3;/q2*-1;. The first-order chi connectivity index (χ1) is 19.7. The Morgan fingerprint density at radius 2 is 1.55 bits per heavy atom. The van der Waals surface area contributed by atoms with Gasteiger partial charge in [0.25, 0.3) is 0 Å². The van der Waals surface area contributed by atoms with E-state index in [-0.39, 0.29) is 25.5 Å². The van der Waals surface area contributed by atoms with Gasteiger partial charge in [0.15, 0.2) is 0 Å². The SMILES string of the molecule is Cc1ccc(-c2[c-]cccc2)nc1.Cc1sc2c(ccc3c4cc[c-]c(-c5cc(C(C)(C)C)ccn5)c4oc32)c1C.[Ir]. The molecule has 4 heterocycles. The van der Waals surface area contributed by atoms with Crippen LogP contribution in [0.2, 0.25) is 0 Å². The molecule has 0 aliphatic rings. The number of thiophene rings is 1. The summed E-state index contributed by atoms with van der Waals surface area (Å²) in [6, 6.07) is 31.2. The van der Waals surface area contributed by atoms with E-state index in [1.165, 1.54) is 31.7 Å². The third kappa shape index (κ3) is 5.70. The zero-order valence-electron chi connectivity index (χ0n) is 24.6. The van der Waals surface area contributed by atoms with Gasteiger partial charge in [-0.15, -0.1) is 65.4 Å². The van der Waals surface area contributed by atoms with Crippen molar-refractivity contribution in [3.63, 3.8) is 0 Å². The maximum atomic E-state index is 6.48. The number of aromatic nitrogens is 2. The van der Waals surface area contributed by atoms with E-state index >= 15 is 0 Å². The van der Waals surface area contributed by atoms with Crippen LogP contribution in [0.3, 0.4) is 0 Å². The Hall–Kier alpha value is -3.63. The van der Waals surface area contributed by atoms with Gasteiger partial charge in [-0.25, -0.2) is 0 Å². The van der Waals surface area contributed by atoms with Crippen molar-refractivity contribution in [2.75, 3.05) is 0 Å². The summed E-state index contributed by atoms with van der Waals surface area (Å²) in [5.74, 6) is 0. The van der Waals surface area contributed by atoms with Crippen LogP contribution in [0.1, 0.15) is 42.3 Å². The Kier molecular flexibility index (Phi) is 8.48. The first-order valence-corrected chi connectivity index (χ1v) is 14.6. The summed E-state index contributed by atoms with van der Waals surface area (Å²) < 4.78 is 7.71. The molecule has 3 aromatic carbocycles. The fourth-order valence-electron chi connectivity index (χ4n) is 5.00. The quantitative estimate of drug-likeness (QED) is 0.166. The van der Waals surface area contributed by atoms with Gasteiger partial charge in [0, 0.05) is 42.8 Å². The van der Waals surface area contributed by atoms with Gasteiger partial charge in [0.05, 0.1) is 10.3 Å². The summed E-state index contributed by atoms with van der Waals surface area (Å²) in [4.78, 5) is 10.3. The maximum absolute atomic E-state index is 6.48. The molecular weight excluding hydrogens is 713 g/mol. The number of pyridine rings is 2. The molecule has 0 amide bonds. The monoisotopic (exact) mass is 745 g/mol. The van der Waals surface area contributed by atoms with Crippen molar-refractivity contribution in [3.8, 4) is 22.5 Å². The zero-order chi connectivity index (χ0) is 28.7. The smallest absolute Gasteiger partial charge is 0.138 e. The molecule has 0 bridgehead atoms. The minimum atomic E-state index is 0. The second kappa shape index (κ2) is 11.9. The van der Waals surface area contributed by atoms with Crippen LogP contribution in [0, 0.1) is 32.9 Å². The third-order valence-corrected chi connectivity index (χ3v) is 8.74. The molecule has 0 atom stereocenters. The average molecular weight is 745 g/mol. The predicted octanol–water partition coefficient (Wildman–Crippen LogP) is 10.4. The Bertz CT molecular complexity index is 2000. The van der Waals surface area contributed by atoms with Crippen LogP contribution < -0.4 is 0 Å². The van der Waals surface area contributed by atoms with E-state index in [1.807, 2.05) is 67.1 Å². The molecule has 0 N–H and O–H groups in total. The molecule has 213 valence electrons. The number of aryl methyl sites for hydroxylation is 3. The van der Waals surface area contributed by atoms with Crippen molar-refractivity contribution in [1.29, 1.82) is 0 Å². The van der Waals surface area contributed by atoms with E-state index in [0.29, 0.717) is 0 Å². The van der Waals surface area contributed by atoms with Gasteiger partial charge in [-0.1, -0.05) is 62.1 Å². The molecular formula is C37H32IrN2OS-2. The van der Waals surface area contributed by atoms with Gasteiger partial charge in [-0.05, 0) is 65.7 Å². The number of benzene rings is 3. The van der Waals surface area contributed by atoms with Crippen LogP contribution in [-0.2, 0) is 25.5 Å². The molecule has 0 spiro atoms. The number of nitrogens with zero attached hydrogens (tertiary/aromatic N) is 2. The number of hydrogen-bond acceptors (Lipinski definition) is 4. The molecule has 5 heteroatoms. The van der Waals surface area contributed by atoms with Crippen molar-refractivity contribution in [2.45, 2.75) is 47.0 Å². The van der Waals surface area contributed by atoms with E-state index in [0.717, 1.165) is 44.5 Å². The van der Waals surface area contributed by atoms with Crippen LogP contribution in [0.4, 0.5) is 0 Å². The van der Waals surface area contributed by atoms with Crippen molar-refractivity contribution < 1.29 is 24.5 Å². The van der Waals surface area contributed by atoms with E-state index in [9.17, 15) is 0 Å². The van der Waals surface area contributed by atoms with Gasteiger partial charge in [-0.2, -0.15) is 0 Å². The second-order valence-corrected chi connectivity index (χ2v) is 12.7. The van der Waals surface area contributed by atoms with Crippen LogP contribution in [0.5, 0.6) is 0 Å². The summed E-state index contributed by atoms with van der Waals surface area (Å²) in [5.41, 5.74) is 9.55.